The highest BCUT2D eigenvalue weighted by atomic mass is 32.2. The van der Waals surface area contributed by atoms with Gasteiger partial charge in [-0.3, -0.25) is 4.79 Å². The molecule has 0 aromatic carbocycles. The molecule has 0 heterocycles. The molecule has 0 radical (unpaired) electrons. The molecule has 0 spiro atoms. The van der Waals surface area contributed by atoms with Gasteiger partial charge in [-0.15, -0.1) is 11.8 Å². The van der Waals surface area contributed by atoms with Gasteiger partial charge in [0.25, 0.3) is 0 Å². The van der Waals surface area contributed by atoms with E-state index in [1.54, 1.807) is 6.92 Å². The Bertz CT molecular complexity index is 359. The molecule has 0 saturated carbocycles. The molecule has 5 nitrogen and oxygen atoms in total. The molecule has 0 saturated heterocycles. The molecule has 0 aliphatic rings. The number of amides is 1. The SMILES string of the molecule is [2H]C([2H])([2H])C(=O)N[C@@H](CSC(CO)C(=C)C)C(=O)O. The minimum absolute atomic E-state index is 0.0603. The first-order valence-corrected chi connectivity index (χ1v) is 5.56. The van der Waals surface area contributed by atoms with Crippen molar-refractivity contribution in [1.82, 2.24) is 5.32 Å². The van der Waals surface area contributed by atoms with Crippen LogP contribution in [0.4, 0.5) is 0 Å². The van der Waals surface area contributed by atoms with Gasteiger partial charge >= 0.3 is 5.97 Å². The Balaban J connectivity index is 4.56. The zero-order chi connectivity index (χ0) is 15.2. The summed E-state index contributed by atoms with van der Waals surface area (Å²) in [7, 11) is 0. The van der Waals surface area contributed by atoms with Gasteiger partial charge in [0.15, 0.2) is 0 Å². The van der Waals surface area contributed by atoms with Crippen LogP contribution in [0, 0.1) is 0 Å². The molecule has 0 bridgehead atoms. The summed E-state index contributed by atoms with van der Waals surface area (Å²) in [6.07, 6.45) is 0. The van der Waals surface area contributed by atoms with Gasteiger partial charge in [0.05, 0.1) is 6.61 Å². The van der Waals surface area contributed by atoms with Crippen molar-refractivity contribution in [2.24, 2.45) is 0 Å². The minimum Gasteiger partial charge on any atom is -0.480 e. The fourth-order valence-electron chi connectivity index (χ4n) is 0.896. The average molecular weight is 250 g/mol. The van der Waals surface area contributed by atoms with Crippen LogP contribution in [0.3, 0.4) is 0 Å². The van der Waals surface area contributed by atoms with Gasteiger partial charge in [-0.25, -0.2) is 4.79 Å². The predicted molar refractivity (Wildman–Crippen MR) is 63.4 cm³/mol. The Morgan fingerprint density at radius 2 is 2.25 bits per heavy atom. The normalized spacial score (nSPS) is 17.5. The van der Waals surface area contributed by atoms with E-state index in [2.05, 4.69) is 6.58 Å². The lowest BCUT2D eigenvalue weighted by molar-refractivity contribution is -0.140. The molecule has 2 atom stereocenters. The third-order valence-corrected chi connectivity index (χ3v) is 3.26. The molecule has 16 heavy (non-hydrogen) atoms. The number of thioether (sulfide) groups is 1. The number of aliphatic hydroxyl groups is 1. The van der Waals surface area contributed by atoms with Crippen LogP contribution in [0.5, 0.6) is 0 Å². The highest BCUT2D eigenvalue weighted by Crippen LogP contribution is 2.18. The molecule has 6 heteroatoms. The van der Waals surface area contributed by atoms with Gasteiger partial charge in [0.2, 0.25) is 5.91 Å². The van der Waals surface area contributed by atoms with E-state index in [9.17, 15) is 9.59 Å². The summed E-state index contributed by atoms with van der Waals surface area (Å²) >= 11 is 1.09. The van der Waals surface area contributed by atoms with E-state index in [1.165, 1.54) is 0 Å². The number of hydrogen-bond acceptors (Lipinski definition) is 4. The van der Waals surface area contributed by atoms with Crippen molar-refractivity contribution >= 4 is 23.6 Å². The quantitative estimate of drug-likeness (QED) is 0.564. The fraction of sp³-hybridized carbons (Fsp3) is 0.600. The number of nitrogens with one attached hydrogen (secondary N) is 1. The Kier molecular flexibility index (Phi) is 4.63. The first-order chi connectivity index (χ1) is 8.59. The highest BCUT2D eigenvalue weighted by molar-refractivity contribution is 8.00. The van der Waals surface area contributed by atoms with Gasteiger partial charge in [-0.1, -0.05) is 12.2 Å². The summed E-state index contributed by atoms with van der Waals surface area (Å²) < 4.78 is 20.6. The van der Waals surface area contributed by atoms with Crippen molar-refractivity contribution in [2.75, 3.05) is 12.4 Å². The molecule has 1 unspecified atom stereocenters. The lowest BCUT2D eigenvalue weighted by Crippen LogP contribution is -2.42. The minimum atomic E-state index is -2.89. The van der Waals surface area contributed by atoms with Crippen LogP contribution in [0.25, 0.3) is 0 Å². The first kappa shape index (κ1) is 10.2. The van der Waals surface area contributed by atoms with Crippen molar-refractivity contribution in [1.29, 1.82) is 0 Å². The van der Waals surface area contributed by atoms with Crippen molar-refractivity contribution in [2.45, 2.75) is 25.1 Å². The zero-order valence-electron chi connectivity index (χ0n) is 11.9. The summed E-state index contributed by atoms with van der Waals surface area (Å²) in [5, 5.41) is 19.6. The molecular formula is C10H17NO4S. The second kappa shape index (κ2) is 7.29. The summed E-state index contributed by atoms with van der Waals surface area (Å²) in [6.45, 7) is 2.23. The third kappa shape index (κ3) is 5.77. The summed E-state index contributed by atoms with van der Waals surface area (Å²) in [4.78, 5) is 22.2. The standard InChI is InChI=1S/C10H17NO4S/c1-6(2)9(4-12)16-5-8(10(14)15)11-7(3)13/h8-9,12H,1,4-5H2,2-3H3,(H,11,13)(H,14,15)/t8-,9?/m0/s1/i3D3. The number of carbonyl (C=O) groups is 2. The Morgan fingerprint density at radius 1 is 1.62 bits per heavy atom. The fourth-order valence-corrected chi connectivity index (χ4v) is 1.94. The molecule has 3 N–H and O–H groups in total. The Morgan fingerprint density at radius 3 is 2.62 bits per heavy atom. The second-order valence-corrected chi connectivity index (χ2v) is 4.45. The molecule has 92 valence electrons. The Hall–Kier alpha value is -1.01. The van der Waals surface area contributed by atoms with Gasteiger partial charge in [-0.2, -0.15) is 0 Å². The van der Waals surface area contributed by atoms with Crippen LogP contribution in [-0.2, 0) is 9.59 Å². The number of carboxylic acids is 1. The summed E-state index contributed by atoms with van der Waals surface area (Å²) in [5.74, 6) is -2.70. The van der Waals surface area contributed by atoms with Crippen LogP contribution in [0.2, 0.25) is 0 Å². The third-order valence-electron chi connectivity index (χ3n) is 1.78. The first-order valence-electron chi connectivity index (χ1n) is 6.01. The average Bonchev–Trinajstić information content (AvgIpc) is 2.25. The number of aliphatic hydroxyl groups excluding tert-OH is 1. The van der Waals surface area contributed by atoms with E-state index in [0.717, 1.165) is 11.8 Å². The topological polar surface area (TPSA) is 86.6 Å². The van der Waals surface area contributed by atoms with E-state index in [1.807, 2.05) is 5.32 Å². The van der Waals surface area contributed by atoms with Crippen LogP contribution in [0.1, 0.15) is 17.9 Å². The van der Waals surface area contributed by atoms with E-state index in [-0.39, 0.29) is 17.6 Å². The van der Waals surface area contributed by atoms with Gasteiger partial charge < -0.3 is 15.5 Å². The highest BCUT2D eigenvalue weighted by Gasteiger charge is 2.20. The van der Waals surface area contributed by atoms with E-state index in [0.29, 0.717) is 5.57 Å². The Labute approximate surface area is 103 Å². The monoisotopic (exact) mass is 250 g/mol. The second-order valence-electron chi connectivity index (χ2n) is 3.22. The van der Waals surface area contributed by atoms with Gasteiger partial charge in [0, 0.05) is 22.0 Å². The number of aliphatic carboxylic acids is 1. The summed E-state index contributed by atoms with van der Waals surface area (Å²) in [5.41, 5.74) is 0.666. The van der Waals surface area contributed by atoms with Crippen molar-refractivity contribution < 1.29 is 23.9 Å². The number of carboxylic acid groups (broad SMARTS) is 1. The van der Waals surface area contributed by atoms with Crippen molar-refractivity contribution in [3.8, 4) is 0 Å². The zero-order valence-corrected chi connectivity index (χ0v) is 9.71. The molecule has 0 rings (SSSR count). The summed E-state index contributed by atoms with van der Waals surface area (Å²) in [6, 6.07) is -1.33. The lowest BCUT2D eigenvalue weighted by Gasteiger charge is -2.17. The van der Waals surface area contributed by atoms with E-state index >= 15 is 0 Å². The molecule has 0 aliphatic carbocycles. The van der Waals surface area contributed by atoms with Gasteiger partial charge in [-0.05, 0) is 6.92 Å². The number of carbonyl (C=O) groups excluding carboxylic acids is 1. The maximum absolute atomic E-state index is 11.2. The van der Waals surface area contributed by atoms with Crippen molar-refractivity contribution in [3.63, 3.8) is 0 Å². The lowest BCUT2D eigenvalue weighted by atomic mass is 10.2. The molecule has 1 amide bonds. The number of hydrogen-bond donors (Lipinski definition) is 3. The van der Waals surface area contributed by atoms with Gasteiger partial charge in [0.1, 0.15) is 6.04 Å². The molecule has 0 aromatic rings. The van der Waals surface area contributed by atoms with E-state index < -0.39 is 24.8 Å². The smallest absolute Gasteiger partial charge is 0.327 e. The van der Waals surface area contributed by atoms with Crippen LogP contribution in [0.15, 0.2) is 12.2 Å². The van der Waals surface area contributed by atoms with Crippen LogP contribution >= 0.6 is 11.8 Å². The maximum Gasteiger partial charge on any atom is 0.327 e. The van der Waals surface area contributed by atoms with Crippen LogP contribution < -0.4 is 5.32 Å². The number of rotatable bonds is 7. The van der Waals surface area contributed by atoms with E-state index in [4.69, 9.17) is 14.3 Å². The molecule has 0 fully saturated rings. The molecule has 0 aliphatic heterocycles. The maximum atomic E-state index is 11.2. The predicted octanol–water partition coefficient (Wildman–Crippen LogP) is 0.246. The molecule has 0 aromatic heterocycles. The van der Waals surface area contributed by atoms with Crippen LogP contribution in [-0.4, -0.2) is 45.7 Å². The largest absolute Gasteiger partial charge is 0.480 e. The molecular weight excluding hydrogens is 230 g/mol. The van der Waals surface area contributed by atoms with Crippen molar-refractivity contribution in [3.05, 3.63) is 12.2 Å².